The Hall–Kier alpha value is -2.18. The molecule has 0 radical (unpaired) electrons. The Labute approximate surface area is 107 Å². The van der Waals surface area contributed by atoms with Crippen molar-refractivity contribution in [3.05, 3.63) is 32.5 Å². The first kappa shape index (κ1) is 13.3. The van der Waals surface area contributed by atoms with E-state index in [1.807, 2.05) is 6.92 Å². The van der Waals surface area contributed by atoms with Gasteiger partial charge in [0.25, 0.3) is 0 Å². The normalized spacial score (nSPS) is 10.8. The zero-order chi connectivity index (χ0) is 13.8. The fourth-order valence-electron chi connectivity index (χ4n) is 1.86. The van der Waals surface area contributed by atoms with Crippen molar-refractivity contribution in [2.24, 2.45) is 0 Å². The molecule has 0 aliphatic rings. The fourth-order valence-corrected chi connectivity index (χ4v) is 1.86. The number of rotatable bonds is 5. The molecule has 0 unspecified atom stereocenters. The molecular weight excluding hydrogens is 255 g/mol. The summed E-state index contributed by atoms with van der Waals surface area (Å²) in [6.45, 7) is 0.893. The molecule has 102 valence electrons. The van der Waals surface area contributed by atoms with E-state index in [1.54, 1.807) is 0 Å². The van der Waals surface area contributed by atoms with E-state index in [0.29, 0.717) is 17.4 Å². The van der Waals surface area contributed by atoms with Gasteiger partial charge in [-0.05, 0) is 18.4 Å². The van der Waals surface area contributed by atoms with Gasteiger partial charge in [-0.1, -0.05) is 13.3 Å². The van der Waals surface area contributed by atoms with Crippen LogP contribution in [0.4, 0.5) is 4.39 Å². The first-order valence-corrected chi connectivity index (χ1v) is 5.91. The maximum absolute atomic E-state index is 12.3. The Morgan fingerprint density at radius 3 is 2.95 bits per heavy atom. The number of aromatic nitrogens is 2. The number of hydrogen-bond donors (Lipinski definition) is 1. The van der Waals surface area contributed by atoms with Crippen molar-refractivity contribution < 1.29 is 13.5 Å². The lowest BCUT2D eigenvalue weighted by Gasteiger charge is -2.07. The molecule has 2 aromatic heterocycles. The SMILES string of the molecule is CCCCc1cc(=O)oc2[nH]c(=O)nc(OCF)c12. The summed E-state index contributed by atoms with van der Waals surface area (Å²) in [5, 5.41) is 0.338. The van der Waals surface area contributed by atoms with Crippen molar-refractivity contribution in [3.63, 3.8) is 0 Å². The van der Waals surface area contributed by atoms with Crippen LogP contribution < -0.4 is 16.1 Å². The van der Waals surface area contributed by atoms with Gasteiger partial charge >= 0.3 is 11.3 Å². The second-order valence-corrected chi connectivity index (χ2v) is 4.00. The molecule has 0 fully saturated rings. The highest BCUT2D eigenvalue weighted by Gasteiger charge is 2.14. The van der Waals surface area contributed by atoms with Gasteiger partial charge in [0.1, 0.15) is 5.39 Å². The molecule has 1 N–H and O–H groups in total. The number of fused-ring (bicyclic) bond motifs is 1. The van der Waals surface area contributed by atoms with Gasteiger partial charge in [-0.15, -0.1) is 0 Å². The van der Waals surface area contributed by atoms with Gasteiger partial charge in [0.05, 0.1) is 0 Å². The molecule has 7 heteroatoms. The monoisotopic (exact) mass is 268 g/mol. The zero-order valence-electron chi connectivity index (χ0n) is 10.4. The van der Waals surface area contributed by atoms with E-state index < -0.39 is 18.2 Å². The molecule has 6 nitrogen and oxygen atoms in total. The third-order valence-electron chi connectivity index (χ3n) is 2.67. The summed E-state index contributed by atoms with van der Waals surface area (Å²) in [5.74, 6) is -0.156. The number of aryl methyl sites for hydroxylation is 1. The Morgan fingerprint density at radius 2 is 2.26 bits per heavy atom. The van der Waals surface area contributed by atoms with E-state index in [4.69, 9.17) is 9.15 Å². The third-order valence-corrected chi connectivity index (χ3v) is 2.67. The van der Waals surface area contributed by atoms with Gasteiger partial charge in [0.2, 0.25) is 18.5 Å². The van der Waals surface area contributed by atoms with Crippen molar-refractivity contribution >= 4 is 11.1 Å². The summed E-state index contributed by atoms with van der Waals surface area (Å²) in [7, 11) is 0. The molecule has 0 amide bonds. The molecule has 0 saturated carbocycles. The second-order valence-electron chi connectivity index (χ2n) is 4.00. The number of nitrogens with one attached hydrogen (secondary N) is 1. The molecule has 0 aliphatic carbocycles. The molecule has 2 rings (SSSR count). The van der Waals surface area contributed by atoms with Crippen LogP contribution in [-0.2, 0) is 6.42 Å². The van der Waals surface area contributed by atoms with Gasteiger partial charge in [-0.25, -0.2) is 14.0 Å². The maximum Gasteiger partial charge on any atom is 0.351 e. The molecule has 2 heterocycles. The Balaban J connectivity index is 2.71. The smallest absolute Gasteiger partial charge is 0.351 e. The number of hydrogen-bond acceptors (Lipinski definition) is 5. The van der Waals surface area contributed by atoms with E-state index in [0.717, 1.165) is 12.8 Å². The molecule has 0 saturated heterocycles. The summed E-state index contributed by atoms with van der Waals surface area (Å²) in [5.41, 5.74) is -0.749. The van der Waals surface area contributed by atoms with Crippen molar-refractivity contribution in [1.82, 2.24) is 9.97 Å². The molecule has 2 aromatic rings. The van der Waals surface area contributed by atoms with Gasteiger partial charge in [0, 0.05) is 6.07 Å². The number of aromatic amines is 1. The number of ether oxygens (including phenoxy) is 1. The predicted molar refractivity (Wildman–Crippen MR) is 66.1 cm³/mol. The van der Waals surface area contributed by atoms with E-state index >= 15 is 0 Å². The largest absolute Gasteiger partial charge is 0.445 e. The van der Waals surface area contributed by atoms with Crippen molar-refractivity contribution in [1.29, 1.82) is 0 Å². The quantitative estimate of drug-likeness (QED) is 0.888. The maximum atomic E-state index is 12.3. The standard InChI is InChI=1S/C12H13FN2O4/c1-2-3-4-7-5-8(16)19-11-9(7)10(18-6-13)14-12(17)15-11/h5H,2-4,6H2,1H3,(H,14,15,17). The van der Waals surface area contributed by atoms with Crippen LogP contribution in [0.15, 0.2) is 20.1 Å². The van der Waals surface area contributed by atoms with Crippen molar-refractivity contribution in [3.8, 4) is 5.88 Å². The number of H-pyrrole nitrogens is 1. The minimum absolute atomic E-state index is 0.0398. The lowest BCUT2D eigenvalue weighted by molar-refractivity contribution is 0.186. The number of unbranched alkanes of at least 4 members (excludes halogenated alkanes) is 1. The lowest BCUT2D eigenvalue weighted by atomic mass is 10.1. The van der Waals surface area contributed by atoms with E-state index in [-0.39, 0.29) is 11.6 Å². The van der Waals surface area contributed by atoms with E-state index in [9.17, 15) is 14.0 Å². The second kappa shape index (κ2) is 5.64. The average Bonchev–Trinajstić information content (AvgIpc) is 2.35. The molecule has 0 aliphatic heterocycles. The van der Waals surface area contributed by atoms with Crippen LogP contribution in [0.5, 0.6) is 5.88 Å². The van der Waals surface area contributed by atoms with E-state index in [1.165, 1.54) is 6.07 Å². The summed E-state index contributed by atoms with van der Waals surface area (Å²) >= 11 is 0. The topological polar surface area (TPSA) is 85.2 Å². The Kier molecular flexibility index (Phi) is 3.94. The van der Waals surface area contributed by atoms with Crippen LogP contribution >= 0.6 is 0 Å². The average molecular weight is 268 g/mol. The Morgan fingerprint density at radius 1 is 1.47 bits per heavy atom. The minimum atomic E-state index is -1.11. The van der Waals surface area contributed by atoms with Gasteiger partial charge in [-0.3, -0.25) is 4.98 Å². The molecular formula is C12H13FN2O4. The van der Waals surface area contributed by atoms with Gasteiger partial charge in [-0.2, -0.15) is 4.98 Å². The third kappa shape index (κ3) is 2.81. The summed E-state index contributed by atoms with van der Waals surface area (Å²) in [4.78, 5) is 28.6. The van der Waals surface area contributed by atoms with Crippen LogP contribution in [0.25, 0.3) is 11.1 Å². The van der Waals surface area contributed by atoms with Crippen LogP contribution in [0.2, 0.25) is 0 Å². The molecule has 0 spiro atoms. The summed E-state index contributed by atoms with van der Waals surface area (Å²) in [6.07, 6.45) is 2.36. The van der Waals surface area contributed by atoms with Crippen LogP contribution in [-0.4, -0.2) is 16.8 Å². The first-order valence-electron chi connectivity index (χ1n) is 5.91. The highest BCUT2D eigenvalue weighted by atomic mass is 19.1. The van der Waals surface area contributed by atoms with Crippen LogP contribution in [0.3, 0.4) is 0 Å². The minimum Gasteiger partial charge on any atom is -0.445 e. The molecule has 0 aromatic carbocycles. The lowest BCUT2D eigenvalue weighted by Crippen LogP contribution is -2.15. The molecule has 0 bridgehead atoms. The van der Waals surface area contributed by atoms with E-state index in [2.05, 4.69) is 9.97 Å². The summed E-state index contributed by atoms with van der Waals surface area (Å²) in [6, 6.07) is 1.31. The number of alkyl halides is 1. The number of nitrogens with zero attached hydrogens (tertiary/aromatic N) is 1. The molecule has 19 heavy (non-hydrogen) atoms. The first-order chi connectivity index (χ1) is 9.15. The van der Waals surface area contributed by atoms with Crippen LogP contribution in [0.1, 0.15) is 25.3 Å². The Bertz CT molecular complexity index is 687. The van der Waals surface area contributed by atoms with Crippen molar-refractivity contribution in [2.75, 3.05) is 6.86 Å². The van der Waals surface area contributed by atoms with Crippen molar-refractivity contribution in [2.45, 2.75) is 26.2 Å². The van der Waals surface area contributed by atoms with Gasteiger partial charge < -0.3 is 9.15 Å². The number of halogens is 1. The highest BCUT2D eigenvalue weighted by molar-refractivity contribution is 5.82. The zero-order valence-corrected chi connectivity index (χ0v) is 10.4. The van der Waals surface area contributed by atoms with Gasteiger partial charge in [0.15, 0.2) is 0 Å². The molecule has 0 atom stereocenters. The van der Waals surface area contributed by atoms with Crippen LogP contribution in [0, 0.1) is 0 Å². The summed E-state index contributed by atoms with van der Waals surface area (Å²) < 4.78 is 21.9. The predicted octanol–water partition coefficient (Wildman–Crippen LogP) is 1.52. The highest BCUT2D eigenvalue weighted by Crippen LogP contribution is 2.24. The fraction of sp³-hybridized carbons (Fsp3) is 0.417.